The minimum absolute atomic E-state index is 0. The molecule has 1 heterocycles. The quantitative estimate of drug-likeness (QED) is 0.368. The Labute approximate surface area is 102 Å². The number of nitrogens with one attached hydrogen (secondary N) is 1. The second kappa shape index (κ2) is 16.4. The zero-order valence-electron chi connectivity index (χ0n) is 4.78. The van der Waals surface area contributed by atoms with Crippen molar-refractivity contribution in [1.29, 1.82) is 0 Å². The Morgan fingerprint density at radius 3 is 2.00 bits per heavy atom. The van der Waals surface area contributed by atoms with Gasteiger partial charge in [0.1, 0.15) is 0 Å². The van der Waals surface area contributed by atoms with E-state index >= 15 is 0 Å². The van der Waals surface area contributed by atoms with Crippen molar-refractivity contribution in [3.63, 3.8) is 0 Å². The fourth-order valence-corrected chi connectivity index (χ4v) is 0.215. The SMILES string of the molecule is O.OBO.[KH].c1c[nH]cn1. The third-order valence-corrected chi connectivity index (χ3v) is 0.406. The topological polar surface area (TPSA) is 101 Å². The first-order chi connectivity index (χ1) is 3.91. The van der Waals surface area contributed by atoms with Crippen molar-refractivity contribution >= 4 is 59.1 Å². The normalized spacial score (nSPS) is 5.40. The maximum atomic E-state index is 7.12. The molecule has 10 heavy (non-hydrogen) atoms. The van der Waals surface area contributed by atoms with Gasteiger partial charge in [0, 0.05) is 12.4 Å². The summed E-state index contributed by atoms with van der Waals surface area (Å²) < 4.78 is 0. The van der Waals surface area contributed by atoms with Gasteiger partial charge in [-0.2, -0.15) is 0 Å². The van der Waals surface area contributed by atoms with Crippen LogP contribution < -0.4 is 0 Å². The number of rotatable bonds is 0. The predicted molar refractivity (Wildman–Crippen MR) is 40.9 cm³/mol. The first-order valence-electron chi connectivity index (χ1n) is 2.06. The van der Waals surface area contributed by atoms with Gasteiger partial charge in [0.05, 0.1) is 6.33 Å². The Hall–Kier alpha value is 0.791. The third-order valence-electron chi connectivity index (χ3n) is 0.406. The van der Waals surface area contributed by atoms with Gasteiger partial charge in [-0.25, -0.2) is 4.98 Å². The first kappa shape index (κ1) is 17.0. The van der Waals surface area contributed by atoms with E-state index in [0.29, 0.717) is 0 Å². The molecule has 0 saturated heterocycles. The van der Waals surface area contributed by atoms with Crippen molar-refractivity contribution < 1.29 is 15.5 Å². The van der Waals surface area contributed by atoms with Crippen LogP contribution in [-0.4, -0.2) is 84.6 Å². The average Bonchev–Trinajstić information content (AvgIpc) is 2.17. The van der Waals surface area contributed by atoms with Crippen molar-refractivity contribution in [2.45, 2.75) is 0 Å². The number of imidazole rings is 1. The van der Waals surface area contributed by atoms with Crippen LogP contribution in [0.5, 0.6) is 0 Å². The number of H-pyrrole nitrogens is 1. The third kappa shape index (κ3) is 15.9. The standard InChI is InChI=1S/C3H4N2.BH3O2.K.H2O.H/c1-2-5-3-4-1;2-1-3;;;/h1-3H,(H,4,5);1-3H;;1H2;. The second-order valence-corrected chi connectivity index (χ2v) is 0.902. The van der Waals surface area contributed by atoms with Crippen LogP contribution in [0.4, 0.5) is 0 Å². The molecule has 0 aliphatic heterocycles. The van der Waals surface area contributed by atoms with Gasteiger partial charge in [-0.3, -0.25) is 0 Å². The molecule has 0 amide bonds. The van der Waals surface area contributed by atoms with Gasteiger partial charge in [-0.15, -0.1) is 0 Å². The van der Waals surface area contributed by atoms with E-state index in [9.17, 15) is 0 Å². The number of hydrogen-bond donors (Lipinski definition) is 3. The molecule has 0 fully saturated rings. The van der Waals surface area contributed by atoms with Crippen LogP contribution in [0.25, 0.3) is 0 Å². The minimum Gasteiger partial charge on any atom is -0.351 e. The summed E-state index contributed by atoms with van der Waals surface area (Å²) in [5.74, 6) is 0. The summed E-state index contributed by atoms with van der Waals surface area (Å²) in [6.45, 7) is 0. The molecule has 0 aliphatic carbocycles. The summed E-state index contributed by atoms with van der Waals surface area (Å²) in [6, 6.07) is 0. The monoisotopic (exact) mass is 172 g/mol. The summed E-state index contributed by atoms with van der Waals surface area (Å²) in [7, 11) is -0.750. The average molecular weight is 172 g/mol. The number of hydrogen-bond acceptors (Lipinski definition) is 3. The summed E-state index contributed by atoms with van der Waals surface area (Å²) in [4.78, 5) is 6.42. The molecule has 5 nitrogen and oxygen atoms in total. The second-order valence-electron chi connectivity index (χ2n) is 0.902. The molecule has 0 aromatic carbocycles. The zero-order valence-corrected chi connectivity index (χ0v) is 4.78. The van der Waals surface area contributed by atoms with Crippen LogP contribution in [0.1, 0.15) is 0 Å². The molecular formula is C3H10BKN2O3. The molecule has 0 aliphatic rings. The summed E-state index contributed by atoms with van der Waals surface area (Å²) >= 11 is 0. The van der Waals surface area contributed by atoms with Gasteiger partial charge in [0.2, 0.25) is 0 Å². The van der Waals surface area contributed by atoms with Crippen molar-refractivity contribution in [2.75, 3.05) is 0 Å². The largest absolute Gasteiger partial charge is 0.351 e. The molecule has 7 heteroatoms. The van der Waals surface area contributed by atoms with Gasteiger partial charge in [0.15, 0.2) is 0 Å². The van der Waals surface area contributed by atoms with E-state index in [0.717, 1.165) is 0 Å². The van der Waals surface area contributed by atoms with Gasteiger partial charge in [-0.05, 0) is 0 Å². The molecule has 0 atom stereocenters. The summed E-state index contributed by atoms with van der Waals surface area (Å²) in [6.07, 6.45) is 5.08. The zero-order chi connectivity index (χ0) is 6.24. The van der Waals surface area contributed by atoms with E-state index in [1.807, 2.05) is 0 Å². The number of aromatic amines is 1. The van der Waals surface area contributed by atoms with Crippen molar-refractivity contribution in [1.82, 2.24) is 9.97 Å². The van der Waals surface area contributed by atoms with Crippen LogP contribution in [-0.2, 0) is 0 Å². The Kier molecular flexibility index (Phi) is 28.0. The Morgan fingerprint density at radius 1 is 1.40 bits per heavy atom. The minimum atomic E-state index is -0.750. The molecule has 54 valence electrons. The van der Waals surface area contributed by atoms with Crippen LogP contribution in [0.15, 0.2) is 18.7 Å². The van der Waals surface area contributed by atoms with Gasteiger partial charge in [0.25, 0.3) is 0 Å². The van der Waals surface area contributed by atoms with Gasteiger partial charge < -0.3 is 20.5 Å². The predicted octanol–water partition coefficient (Wildman–Crippen LogP) is -2.83. The Balaban J connectivity index is -0.0000000900. The van der Waals surface area contributed by atoms with E-state index in [4.69, 9.17) is 10.0 Å². The van der Waals surface area contributed by atoms with Gasteiger partial charge in [-0.1, -0.05) is 0 Å². The Morgan fingerprint density at radius 2 is 1.90 bits per heavy atom. The van der Waals surface area contributed by atoms with Crippen molar-refractivity contribution in [3.8, 4) is 0 Å². The van der Waals surface area contributed by atoms with E-state index < -0.39 is 7.69 Å². The van der Waals surface area contributed by atoms with Crippen molar-refractivity contribution in [3.05, 3.63) is 18.7 Å². The fraction of sp³-hybridized carbons (Fsp3) is 0. The molecule has 0 unspecified atom stereocenters. The molecule has 0 bridgehead atoms. The maximum Gasteiger partial charge on any atom is 0.0919 e. The molecule has 0 spiro atoms. The number of aromatic nitrogens is 2. The molecule has 0 saturated carbocycles. The van der Waals surface area contributed by atoms with Crippen molar-refractivity contribution in [2.24, 2.45) is 0 Å². The smallest absolute Gasteiger partial charge is 0.0919 e. The number of nitrogens with zero attached hydrogens (tertiary/aromatic N) is 1. The van der Waals surface area contributed by atoms with Crippen LogP contribution in [0.2, 0.25) is 0 Å². The summed E-state index contributed by atoms with van der Waals surface area (Å²) in [5.41, 5.74) is 0. The first-order valence-corrected chi connectivity index (χ1v) is 2.06. The van der Waals surface area contributed by atoms with E-state index in [2.05, 4.69) is 9.97 Å². The van der Waals surface area contributed by atoms with Crippen LogP contribution >= 0.6 is 0 Å². The molecule has 1 rings (SSSR count). The van der Waals surface area contributed by atoms with Gasteiger partial charge >= 0.3 is 59.1 Å². The molecule has 1 aromatic rings. The Bertz CT molecular complexity index is 88.6. The molecule has 1 aromatic heterocycles. The molecule has 0 radical (unpaired) electrons. The van der Waals surface area contributed by atoms with Crippen LogP contribution in [0, 0.1) is 0 Å². The summed E-state index contributed by atoms with van der Waals surface area (Å²) in [5, 5.41) is 14.2. The van der Waals surface area contributed by atoms with E-state index in [1.54, 1.807) is 18.7 Å². The fourth-order valence-electron chi connectivity index (χ4n) is 0.215. The molecule has 5 N–H and O–H groups in total. The van der Waals surface area contributed by atoms with E-state index in [1.165, 1.54) is 0 Å². The molecular weight excluding hydrogens is 162 g/mol. The van der Waals surface area contributed by atoms with Crippen LogP contribution in [0.3, 0.4) is 0 Å². The van der Waals surface area contributed by atoms with E-state index in [-0.39, 0.29) is 56.9 Å². The maximum absolute atomic E-state index is 7.12.